The van der Waals surface area contributed by atoms with Crippen LogP contribution in [0.2, 0.25) is 0 Å². The first-order valence-corrected chi connectivity index (χ1v) is 7.61. The molecule has 0 radical (unpaired) electrons. The van der Waals surface area contributed by atoms with E-state index >= 15 is 0 Å². The van der Waals surface area contributed by atoms with Gasteiger partial charge in [0.05, 0.1) is 11.7 Å². The molecule has 7 heteroatoms. The number of aryl methyl sites for hydroxylation is 1. The number of rotatable bonds is 5. The molecule has 2 aromatic rings. The third-order valence-corrected chi connectivity index (χ3v) is 3.72. The highest BCUT2D eigenvalue weighted by atomic mass is 19.4. The summed E-state index contributed by atoms with van der Waals surface area (Å²) in [6.07, 6.45) is -4.81. The number of carbonyl (C=O) groups excluding carboxylic acids is 1. The lowest BCUT2D eigenvalue weighted by atomic mass is 10.0. The van der Waals surface area contributed by atoms with Crippen LogP contribution in [0.4, 0.5) is 23.7 Å². The Morgan fingerprint density at radius 1 is 1.16 bits per heavy atom. The Morgan fingerprint density at radius 3 is 2.52 bits per heavy atom. The van der Waals surface area contributed by atoms with Gasteiger partial charge < -0.3 is 15.4 Å². The maximum Gasteiger partial charge on any atom is 0.416 e. The van der Waals surface area contributed by atoms with Crippen LogP contribution in [0, 0.1) is 6.92 Å². The molecule has 0 unspecified atom stereocenters. The Hall–Kier alpha value is -2.54. The van der Waals surface area contributed by atoms with E-state index in [1.807, 2.05) is 31.2 Å². The number of urea groups is 1. The summed E-state index contributed by atoms with van der Waals surface area (Å²) in [6.45, 7) is 2.12. The van der Waals surface area contributed by atoms with E-state index in [1.165, 1.54) is 19.2 Å². The number of hydrogen-bond donors (Lipinski definition) is 2. The summed E-state index contributed by atoms with van der Waals surface area (Å²) >= 11 is 0. The molecule has 0 heterocycles. The van der Waals surface area contributed by atoms with Crippen LogP contribution in [0.25, 0.3) is 0 Å². The molecule has 0 spiro atoms. The van der Waals surface area contributed by atoms with Gasteiger partial charge in [-0.3, -0.25) is 0 Å². The van der Waals surface area contributed by atoms with E-state index in [0.29, 0.717) is 0 Å². The molecule has 134 valence electrons. The molecule has 0 aromatic heterocycles. The average molecular weight is 352 g/mol. The maximum atomic E-state index is 12.7. The molecule has 0 fully saturated rings. The lowest BCUT2D eigenvalue weighted by Crippen LogP contribution is -2.33. The van der Waals surface area contributed by atoms with E-state index in [4.69, 9.17) is 4.74 Å². The highest BCUT2D eigenvalue weighted by Gasteiger charge is 2.30. The summed E-state index contributed by atoms with van der Waals surface area (Å²) in [5.41, 5.74) is 1.20. The predicted octanol–water partition coefficient (Wildman–Crippen LogP) is 4.52. The summed E-state index contributed by atoms with van der Waals surface area (Å²) < 4.78 is 43.4. The van der Waals surface area contributed by atoms with Crippen molar-refractivity contribution in [3.8, 4) is 0 Å². The van der Waals surface area contributed by atoms with E-state index in [0.717, 1.165) is 23.3 Å². The van der Waals surface area contributed by atoms with Crippen molar-refractivity contribution in [1.29, 1.82) is 0 Å². The molecule has 0 aliphatic rings. The quantitative estimate of drug-likeness (QED) is 0.831. The molecular weight excluding hydrogens is 333 g/mol. The molecule has 0 bridgehead atoms. The summed E-state index contributed by atoms with van der Waals surface area (Å²) in [5.74, 6) is 0. The van der Waals surface area contributed by atoms with Crippen LogP contribution >= 0.6 is 0 Å². The molecule has 0 aliphatic carbocycles. The third kappa shape index (κ3) is 5.22. The minimum atomic E-state index is -4.46. The third-order valence-electron chi connectivity index (χ3n) is 3.72. The number of anilines is 1. The number of ether oxygens (including phenoxy) is 1. The normalized spacial score (nSPS) is 12.5. The van der Waals surface area contributed by atoms with Crippen molar-refractivity contribution < 1.29 is 22.7 Å². The Balaban J connectivity index is 1.97. The zero-order chi connectivity index (χ0) is 18.4. The van der Waals surface area contributed by atoms with Crippen molar-refractivity contribution in [2.75, 3.05) is 19.0 Å². The molecule has 0 saturated heterocycles. The maximum absolute atomic E-state index is 12.7. The molecule has 2 N–H and O–H groups in total. The topological polar surface area (TPSA) is 50.4 Å². The number of carbonyl (C=O) groups is 1. The lowest BCUT2D eigenvalue weighted by Gasteiger charge is -2.19. The smallest absolute Gasteiger partial charge is 0.375 e. The van der Waals surface area contributed by atoms with Gasteiger partial charge in [-0.1, -0.05) is 30.3 Å². The highest BCUT2D eigenvalue weighted by Crippen LogP contribution is 2.30. The second kappa shape index (κ2) is 8.02. The Bertz CT molecular complexity index is 732. The number of benzene rings is 2. The number of hydrogen-bond acceptors (Lipinski definition) is 2. The van der Waals surface area contributed by atoms with Gasteiger partial charge in [0.15, 0.2) is 0 Å². The summed E-state index contributed by atoms with van der Waals surface area (Å²) in [6, 6.07) is 11.5. The standard InChI is InChI=1S/C18H19F3N2O2/c1-12-6-3-4-9-15(12)16(25-2)11-22-17(24)23-14-8-5-7-13(10-14)18(19,20)21/h3-10,16H,11H2,1-2H3,(H2,22,23,24)/t16-/m1/s1. The second-order valence-corrected chi connectivity index (χ2v) is 5.49. The van der Waals surface area contributed by atoms with Gasteiger partial charge in [0.25, 0.3) is 0 Å². The molecule has 1 atom stereocenters. The van der Waals surface area contributed by atoms with Gasteiger partial charge in [0, 0.05) is 19.3 Å². The van der Waals surface area contributed by atoms with Gasteiger partial charge in [-0.25, -0.2) is 4.79 Å². The first-order valence-electron chi connectivity index (χ1n) is 7.61. The molecular formula is C18H19F3N2O2. The second-order valence-electron chi connectivity index (χ2n) is 5.49. The van der Waals surface area contributed by atoms with Crippen molar-refractivity contribution in [2.24, 2.45) is 0 Å². The zero-order valence-corrected chi connectivity index (χ0v) is 13.9. The van der Waals surface area contributed by atoms with Crippen molar-refractivity contribution in [2.45, 2.75) is 19.2 Å². The van der Waals surface area contributed by atoms with Crippen molar-refractivity contribution in [1.82, 2.24) is 5.32 Å². The number of halogens is 3. The minimum Gasteiger partial charge on any atom is -0.375 e. The fraction of sp³-hybridized carbons (Fsp3) is 0.278. The SMILES string of the molecule is CO[C@H](CNC(=O)Nc1cccc(C(F)(F)F)c1)c1ccccc1C. The molecule has 0 aliphatic heterocycles. The Morgan fingerprint density at radius 2 is 1.88 bits per heavy atom. The fourth-order valence-electron chi connectivity index (χ4n) is 2.40. The largest absolute Gasteiger partial charge is 0.416 e. The van der Waals surface area contributed by atoms with Crippen molar-refractivity contribution in [3.05, 3.63) is 65.2 Å². The number of methoxy groups -OCH3 is 1. The summed E-state index contributed by atoms with van der Waals surface area (Å²) in [4.78, 5) is 12.0. The van der Waals surface area contributed by atoms with Gasteiger partial charge in [-0.15, -0.1) is 0 Å². The van der Waals surface area contributed by atoms with Crippen LogP contribution in [-0.2, 0) is 10.9 Å². The number of amides is 2. The number of alkyl halides is 3. The molecule has 2 amide bonds. The van der Waals surface area contributed by atoms with Crippen LogP contribution in [-0.4, -0.2) is 19.7 Å². The molecule has 0 saturated carbocycles. The van der Waals surface area contributed by atoms with Crippen LogP contribution < -0.4 is 10.6 Å². The molecule has 25 heavy (non-hydrogen) atoms. The molecule has 4 nitrogen and oxygen atoms in total. The fourth-order valence-corrected chi connectivity index (χ4v) is 2.40. The van der Waals surface area contributed by atoms with E-state index in [9.17, 15) is 18.0 Å². The first kappa shape index (κ1) is 18.8. The molecule has 2 aromatic carbocycles. The minimum absolute atomic E-state index is 0.0668. The van der Waals surface area contributed by atoms with Crippen molar-refractivity contribution in [3.63, 3.8) is 0 Å². The van der Waals surface area contributed by atoms with E-state index < -0.39 is 17.8 Å². The number of nitrogens with one attached hydrogen (secondary N) is 2. The lowest BCUT2D eigenvalue weighted by molar-refractivity contribution is -0.137. The van der Waals surface area contributed by atoms with E-state index in [-0.39, 0.29) is 18.3 Å². The molecule has 2 rings (SSSR count). The summed E-state index contributed by atoms with van der Waals surface area (Å²) in [7, 11) is 1.53. The van der Waals surface area contributed by atoms with Gasteiger partial charge in [-0.2, -0.15) is 13.2 Å². The monoisotopic (exact) mass is 352 g/mol. The first-order chi connectivity index (χ1) is 11.8. The van der Waals surface area contributed by atoms with E-state index in [1.54, 1.807) is 0 Å². The van der Waals surface area contributed by atoms with Gasteiger partial charge in [-0.05, 0) is 36.2 Å². The van der Waals surface area contributed by atoms with Gasteiger partial charge >= 0.3 is 12.2 Å². The van der Waals surface area contributed by atoms with Crippen LogP contribution in [0.3, 0.4) is 0 Å². The zero-order valence-electron chi connectivity index (χ0n) is 13.9. The van der Waals surface area contributed by atoms with Gasteiger partial charge in [0.1, 0.15) is 0 Å². The highest BCUT2D eigenvalue weighted by molar-refractivity contribution is 5.89. The van der Waals surface area contributed by atoms with E-state index in [2.05, 4.69) is 10.6 Å². The van der Waals surface area contributed by atoms with Crippen LogP contribution in [0.15, 0.2) is 48.5 Å². The van der Waals surface area contributed by atoms with Gasteiger partial charge in [0.2, 0.25) is 0 Å². The Labute approximate surface area is 144 Å². The van der Waals surface area contributed by atoms with Crippen LogP contribution in [0.5, 0.6) is 0 Å². The predicted molar refractivity (Wildman–Crippen MR) is 89.4 cm³/mol. The summed E-state index contributed by atoms with van der Waals surface area (Å²) in [5, 5.41) is 5.00. The van der Waals surface area contributed by atoms with Crippen molar-refractivity contribution >= 4 is 11.7 Å². The Kier molecular flexibility index (Phi) is 6.03. The average Bonchev–Trinajstić information content (AvgIpc) is 2.56. The van der Waals surface area contributed by atoms with Crippen LogP contribution in [0.1, 0.15) is 22.8 Å².